The van der Waals surface area contributed by atoms with Gasteiger partial charge in [0.15, 0.2) is 5.43 Å². The van der Waals surface area contributed by atoms with E-state index in [1.807, 2.05) is 0 Å². The van der Waals surface area contributed by atoms with Crippen LogP contribution in [0, 0.1) is 0 Å². The number of aromatic nitrogens is 1. The molecule has 0 atom stereocenters. The van der Waals surface area contributed by atoms with E-state index in [1.165, 1.54) is 0 Å². The Kier molecular flexibility index (Phi) is 3.57. The Morgan fingerprint density at radius 1 is 1.38 bits per heavy atom. The van der Waals surface area contributed by atoms with Crippen LogP contribution in [0.5, 0.6) is 0 Å². The Morgan fingerprint density at radius 3 is 2.31 bits per heavy atom. The molecule has 0 aliphatic carbocycles. The van der Waals surface area contributed by atoms with E-state index < -0.39 is 35.2 Å². The first-order valence-electron chi connectivity index (χ1n) is 3.94. The maximum Gasteiger partial charge on any atom is 0.431 e. The summed E-state index contributed by atoms with van der Waals surface area (Å²) >= 11 is 5.23. The van der Waals surface area contributed by atoms with Crippen LogP contribution in [-0.2, 0) is 12.1 Å². The zero-order chi connectivity index (χ0) is 12.5. The fourth-order valence-corrected chi connectivity index (χ4v) is 1.33. The molecule has 0 saturated carbocycles. The summed E-state index contributed by atoms with van der Waals surface area (Å²) in [5.41, 5.74) is -5.03. The maximum absolute atomic E-state index is 12.4. The predicted molar refractivity (Wildman–Crippen MR) is 46.6 cm³/mol. The zero-order valence-corrected chi connectivity index (χ0v) is 8.29. The Bertz CT molecular complexity index is 439. The fraction of sp³-hybridized carbons (Fsp3) is 0.375. The minimum atomic E-state index is -5.03. The van der Waals surface area contributed by atoms with Crippen molar-refractivity contribution in [2.75, 3.05) is 0 Å². The third kappa shape index (κ3) is 2.34. The van der Waals surface area contributed by atoms with Crippen molar-refractivity contribution in [2.45, 2.75) is 18.5 Å². The van der Waals surface area contributed by atoms with Crippen LogP contribution in [0.25, 0.3) is 0 Å². The largest absolute Gasteiger partial charge is 0.431 e. The molecule has 0 aliphatic heterocycles. The molecular weight excluding hydrogens is 257 g/mol. The van der Waals surface area contributed by atoms with E-state index >= 15 is 0 Å². The van der Waals surface area contributed by atoms with Crippen molar-refractivity contribution in [1.29, 1.82) is 0 Å². The number of aromatic amines is 1. The number of rotatable bonds is 2. The van der Waals surface area contributed by atoms with Gasteiger partial charge in [0.1, 0.15) is 5.69 Å². The van der Waals surface area contributed by atoms with Crippen LogP contribution in [0.1, 0.15) is 23.2 Å². The van der Waals surface area contributed by atoms with Crippen LogP contribution in [0.2, 0.25) is 0 Å². The molecule has 0 aromatic carbocycles. The van der Waals surface area contributed by atoms with Crippen molar-refractivity contribution in [2.24, 2.45) is 0 Å². The summed E-state index contributed by atoms with van der Waals surface area (Å²) in [6, 6.07) is 0. The molecular formula is C8H5ClF5NO. The topological polar surface area (TPSA) is 32.9 Å². The third-order valence-corrected chi connectivity index (χ3v) is 2.13. The highest BCUT2D eigenvalue weighted by molar-refractivity contribution is 6.17. The van der Waals surface area contributed by atoms with Crippen molar-refractivity contribution in [3.8, 4) is 0 Å². The van der Waals surface area contributed by atoms with Crippen LogP contribution in [-0.4, -0.2) is 4.98 Å². The first-order valence-corrected chi connectivity index (χ1v) is 4.48. The van der Waals surface area contributed by atoms with Gasteiger partial charge in [-0.15, -0.1) is 11.6 Å². The molecule has 16 heavy (non-hydrogen) atoms. The van der Waals surface area contributed by atoms with Gasteiger partial charge in [-0.05, 0) is 0 Å². The van der Waals surface area contributed by atoms with Crippen LogP contribution >= 0.6 is 11.6 Å². The van der Waals surface area contributed by atoms with E-state index in [4.69, 9.17) is 11.6 Å². The first-order chi connectivity index (χ1) is 7.29. The summed E-state index contributed by atoms with van der Waals surface area (Å²) in [6.07, 6.45) is -7.86. The van der Waals surface area contributed by atoms with Gasteiger partial charge in [-0.3, -0.25) is 4.79 Å². The van der Waals surface area contributed by atoms with Crippen LogP contribution in [0.3, 0.4) is 0 Å². The van der Waals surface area contributed by atoms with E-state index in [2.05, 4.69) is 0 Å². The monoisotopic (exact) mass is 261 g/mol. The molecule has 0 unspecified atom stereocenters. The summed E-state index contributed by atoms with van der Waals surface area (Å²) in [7, 11) is 0. The number of hydrogen-bond acceptors (Lipinski definition) is 1. The quantitative estimate of drug-likeness (QED) is 0.644. The summed E-state index contributed by atoms with van der Waals surface area (Å²) in [5, 5.41) is 0. The first kappa shape index (κ1) is 13.0. The minimum Gasteiger partial charge on any atom is -0.357 e. The molecule has 0 saturated heterocycles. The lowest BCUT2D eigenvalue weighted by molar-refractivity contribution is -0.143. The average molecular weight is 262 g/mol. The molecule has 0 spiro atoms. The summed E-state index contributed by atoms with van der Waals surface area (Å²) in [6.45, 7) is 0. The number of pyridine rings is 1. The molecule has 1 rings (SSSR count). The number of nitrogens with one attached hydrogen (secondary N) is 1. The highest BCUT2D eigenvalue weighted by Crippen LogP contribution is 2.33. The van der Waals surface area contributed by atoms with Crippen LogP contribution in [0.15, 0.2) is 11.0 Å². The fourth-order valence-electron chi connectivity index (χ4n) is 1.13. The second kappa shape index (κ2) is 4.40. The summed E-state index contributed by atoms with van der Waals surface area (Å²) < 4.78 is 61.6. The Balaban J connectivity index is 3.54. The molecule has 1 aromatic heterocycles. The highest BCUT2D eigenvalue weighted by atomic mass is 35.5. The molecule has 1 N–H and O–H groups in total. The third-order valence-electron chi connectivity index (χ3n) is 1.84. The molecule has 8 heteroatoms. The van der Waals surface area contributed by atoms with Gasteiger partial charge >= 0.3 is 6.18 Å². The number of alkyl halides is 6. The van der Waals surface area contributed by atoms with Crippen molar-refractivity contribution < 1.29 is 22.0 Å². The summed E-state index contributed by atoms with van der Waals surface area (Å²) in [5.74, 6) is -0.437. The normalized spacial score (nSPS) is 12.2. The van der Waals surface area contributed by atoms with Gasteiger partial charge in [-0.25, -0.2) is 8.78 Å². The van der Waals surface area contributed by atoms with Gasteiger partial charge in [0, 0.05) is 11.8 Å². The highest BCUT2D eigenvalue weighted by Gasteiger charge is 2.38. The van der Waals surface area contributed by atoms with E-state index in [9.17, 15) is 26.7 Å². The van der Waals surface area contributed by atoms with Crippen molar-refractivity contribution in [3.63, 3.8) is 0 Å². The lowest BCUT2D eigenvalue weighted by Crippen LogP contribution is -2.23. The molecule has 0 amide bonds. The molecule has 0 aliphatic rings. The van der Waals surface area contributed by atoms with Crippen molar-refractivity contribution in [1.82, 2.24) is 4.98 Å². The molecule has 1 heterocycles. The van der Waals surface area contributed by atoms with E-state index in [0.717, 1.165) is 0 Å². The van der Waals surface area contributed by atoms with Gasteiger partial charge in [0.25, 0.3) is 6.43 Å². The Labute approximate surface area is 91.0 Å². The average Bonchev–Trinajstić information content (AvgIpc) is 2.15. The van der Waals surface area contributed by atoms with Crippen molar-refractivity contribution in [3.05, 3.63) is 33.2 Å². The van der Waals surface area contributed by atoms with Crippen LogP contribution in [0.4, 0.5) is 22.0 Å². The lowest BCUT2D eigenvalue weighted by atomic mass is 10.1. The second-order valence-electron chi connectivity index (χ2n) is 2.86. The molecule has 90 valence electrons. The van der Waals surface area contributed by atoms with Gasteiger partial charge in [0.2, 0.25) is 0 Å². The number of hydrogen-bond donors (Lipinski definition) is 1. The van der Waals surface area contributed by atoms with E-state index in [-0.39, 0.29) is 5.56 Å². The Hall–Kier alpha value is -1.11. The molecule has 0 fully saturated rings. The zero-order valence-electron chi connectivity index (χ0n) is 7.54. The standard InChI is InChI=1S/C8H5ClF5NO/c9-1-3-2-15-6(8(12,13)14)4(5(3)16)7(10)11/h2,7H,1H2,(H,15,16). The van der Waals surface area contributed by atoms with Gasteiger partial charge in [-0.2, -0.15) is 13.2 Å². The molecule has 2 nitrogen and oxygen atoms in total. The molecule has 0 radical (unpaired) electrons. The van der Waals surface area contributed by atoms with E-state index in [0.29, 0.717) is 6.20 Å². The molecule has 1 aromatic rings. The van der Waals surface area contributed by atoms with Gasteiger partial charge in [-0.1, -0.05) is 0 Å². The number of H-pyrrole nitrogens is 1. The molecule has 0 bridgehead atoms. The SMILES string of the molecule is O=c1c(CCl)c[nH]c(C(F)(F)F)c1C(F)F. The minimum absolute atomic E-state index is 0.329. The van der Waals surface area contributed by atoms with Crippen LogP contribution < -0.4 is 5.43 Å². The second-order valence-corrected chi connectivity index (χ2v) is 3.13. The lowest BCUT2D eigenvalue weighted by Gasteiger charge is -2.12. The summed E-state index contributed by atoms with van der Waals surface area (Å²) in [4.78, 5) is 12.9. The smallest absolute Gasteiger partial charge is 0.357 e. The maximum atomic E-state index is 12.4. The Morgan fingerprint density at radius 2 is 1.94 bits per heavy atom. The van der Waals surface area contributed by atoms with Gasteiger partial charge < -0.3 is 4.98 Å². The predicted octanol–water partition coefficient (Wildman–Crippen LogP) is 3.07. The number of halogens is 6. The van der Waals surface area contributed by atoms with Crippen molar-refractivity contribution >= 4 is 11.6 Å². The van der Waals surface area contributed by atoms with E-state index in [1.54, 1.807) is 4.98 Å². The van der Waals surface area contributed by atoms with Gasteiger partial charge in [0.05, 0.1) is 11.4 Å².